The predicted molar refractivity (Wildman–Crippen MR) is 88.8 cm³/mol. The Balaban J connectivity index is 1.72. The number of rotatable bonds is 7. The number of carbonyl (C=O) groups excluding carboxylic acids is 1. The third-order valence-electron chi connectivity index (χ3n) is 3.79. The molecule has 0 aliphatic carbocycles. The van der Waals surface area contributed by atoms with Crippen LogP contribution in [0.15, 0.2) is 30.3 Å². The minimum atomic E-state index is -3.14. The van der Waals surface area contributed by atoms with Gasteiger partial charge in [-0.3, -0.25) is 4.79 Å². The molecule has 2 rings (SSSR count). The SMILES string of the molecule is CCCS(=O)(=O)N1CCC(NC(=O)COc2ccccc2)CC1. The van der Waals surface area contributed by atoms with Crippen LogP contribution >= 0.6 is 0 Å². The molecule has 1 aliphatic rings. The van der Waals surface area contributed by atoms with Crippen molar-refractivity contribution in [2.24, 2.45) is 0 Å². The fraction of sp³-hybridized carbons (Fsp3) is 0.562. The number of hydrogen-bond acceptors (Lipinski definition) is 4. The monoisotopic (exact) mass is 340 g/mol. The first kappa shape index (κ1) is 17.7. The molecule has 0 atom stereocenters. The smallest absolute Gasteiger partial charge is 0.258 e. The number of ether oxygens (including phenoxy) is 1. The van der Waals surface area contributed by atoms with Crippen LogP contribution in [0.3, 0.4) is 0 Å². The molecule has 23 heavy (non-hydrogen) atoms. The van der Waals surface area contributed by atoms with Crippen molar-refractivity contribution in [3.8, 4) is 5.75 Å². The van der Waals surface area contributed by atoms with Crippen LogP contribution in [0.25, 0.3) is 0 Å². The molecule has 1 saturated heterocycles. The van der Waals surface area contributed by atoms with Gasteiger partial charge in [-0.15, -0.1) is 0 Å². The number of hydrogen-bond donors (Lipinski definition) is 1. The van der Waals surface area contributed by atoms with E-state index >= 15 is 0 Å². The first-order valence-corrected chi connectivity index (χ1v) is 9.57. The zero-order valence-corrected chi connectivity index (χ0v) is 14.2. The Hall–Kier alpha value is -1.60. The molecule has 0 aromatic heterocycles. The van der Waals surface area contributed by atoms with Crippen LogP contribution in [0.5, 0.6) is 5.75 Å². The summed E-state index contributed by atoms with van der Waals surface area (Å²) in [5.74, 6) is 0.668. The molecule has 128 valence electrons. The molecule has 6 nitrogen and oxygen atoms in total. The highest BCUT2D eigenvalue weighted by Gasteiger charge is 2.27. The van der Waals surface area contributed by atoms with Gasteiger partial charge in [0.05, 0.1) is 5.75 Å². The molecule has 0 bridgehead atoms. The highest BCUT2D eigenvalue weighted by Crippen LogP contribution is 2.15. The van der Waals surface area contributed by atoms with Gasteiger partial charge >= 0.3 is 0 Å². The van der Waals surface area contributed by atoms with Crippen LogP contribution in [0.1, 0.15) is 26.2 Å². The summed E-state index contributed by atoms with van der Waals surface area (Å²) in [4.78, 5) is 11.9. The van der Waals surface area contributed by atoms with E-state index in [0.717, 1.165) is 0 Å². The fourth-order valence-electron chi connectivity index (χ4n) is 2.60. The van der Waals surface area contributed by atoms with E-state index in [-0.39, 0.29) is 24.3 Å². The lowest BCUT2D eigenvalue weighted by molar-refractivity contribution is -0.124. The molecule has 1 aromatic rings. The first-order chi connectivity index (χ1) is 11.0. The number of para-hydroxylation sites is 1. The Labute approximate surface area is 137 Å². The first-order valence-electron chi connectivity index (χ1n) is 7.96. The molecular formula is C16H24N2O4S. The molecule has 7 heteroatoms. The molecule has 1 aliphatic heterocycles. The van der Waals surface area contributed by atoms with Crippen molar-refractivity contribution < 1.29 is 17.9 Å². The topological polar surface area (TPSA) is 75.7 Å². The Morgan fingerprint density at radius 1 is 1.26 bits per heavy atom. The van der Waals surface area contributed by atoms with Crippen molar-refractivity contribution in [3.63, 3.8) is 0 Å². The average molecular weight is 340 g/mol. The molecule has 0 unspecified atom stereocenters. The molecule has 1 heterocycles. The Kier molecular flexibility index (Phi) is 6.41. The molecule has 1 N–H and O–H groups in total. The van der Waals surface area contributed by atoms with E-state index in [0.29, 0.717) is 38.1 Å². The third kappa shape index (κ3) is 5.51. The van der Waals surface area contributed by atoms with Gasteiger partial charge in [-0.25, -0.2) is 12.7 Å². The maximum absolute atomic E-state index is 12.0. The van der Waals surface area contributed by atoms with E-state index in [1.54, 1.807) is 12.1 Å². The number of amides is 1. The average Bonchev–Trinajstić information content (AvgIpc) is 2.54. The van der Waals surface area contributed by atoms with Crippen LogP contribution in [0, 0.1) is 0 Å². The van der Waals surface area contributed by atoms with Crippen LogP contribution < -0.4 is 10.1 Å². The number of piperidine rings is 1. The maximum atomic E-state index is 12.0. The van der Waals surface area contributed by atoms with Gasteiger partial charge in [0, 0.05) is 19.1 Å². The second-order valence-corrected chi connectivity index (χ2v) is 7.75. The summed E-state index contributed by atoms with van der Waals surface area (Å²) >= 11 is 0. The van der Waals surface area contributed by atoms with Gasteiger partial charge in [-0.1, -0.05) is 25.1 Å². The molecule has 0 saturated carbocycles. The van der Waals surface area contributed by atoms with Crippen molar-refractivity contribution in [2.45, 2.75) is 32.2 Å². The van der Waals surface area contributed by atoms with E-state index in [9.17, 15) is 13.2 Å². The lowest BCUT2D eigenvalue weighted by Gasteiger charge is -2.31. The lowest BCUT2D eigenvalue weighted by Crippen LogP contribution is -2.47. The number of benzene rings is 1. The summed E-state index contributed by atoms with van der Waals surface area (Å²) in [5, 5.41) is 2.91. The summed E-state index contributed by atoms with van der Waals surface area (Å²) in [6.07, 6.45) is 1.90. The van der Waals surface area contributed by atoms with Crippen molar-refractivity contribution in [3.05, 3.63) is 30.3 Å². The van der Waals surface area contributed by atoms with Gasteiger partial charge in [0.2, 0.25) is 10.0 Å². The van der Waals surface area contributed by atoms with Crippen LogP contribution in [0.2, 0.25) is 0 Å². The lowest BCUT2D eigenvalue weighted by atomic mass is 10.1. The van der Waals surface area contributed by atoms with E-state index in [1.165, 1.54) is 4.31 Å². The summed E-state index contributed by atoms with van der Waals surface area (Å²) in [7, 11) is -3.14. The molecular weight excluding hydrogens is 316 g/mol. The normalized spacial score (nSPS) is 16.9. The van der Waals surface area contributed by atoms with Crippen LogP contribution in [0.4, 0.5) is 0 Å². The highest BCUT2D eigenvalue weighted by atomic mass is 32.2. The maximum Gasteiger partial charge on any atom is 0.258 e. The number of sulfonamides is 1. The fourth-order valence-corrected chi connectivity index (χ4v) is 4.14. The number of nitrogens with one attached hydrogen (secondary N) is 1. The molecule has 0 spiro atoms. The highest BCUT2D eigenvalue weighted by molar-refractivity contribution is 7.89. The second kappa shape index (κ2) is 8.31. The zero-order chi connectivity index (χ0) is 16.7. The predicted octanol–water partition coefficient (Wildman–Crippen LogP) is 1.39. The molecule has 1 fully saturated rings. The van der Waals surface area contributed by atoms with Crippen molar-refractivity contribution in [1.82, 2.24) is 9.62 Å². The Morgan fingerprint density at radius 3 is 2.52 bits per heavy atom. The number of nitrogens with zero attached hydrogens (tertiary/aromatic N) is 1. The summed E-state index contributed by atoms with van der Waals surface area (Å²) < 4.78 is 30.9. The Morgan fingerprint density at radius 2 is 1.91 bits per heavy atom. The van der Waals surface area contributed by atoms with E-state index in [4.69, 9.17) is 4.74 Å². The summed E-state index contributed by atoms with van der Waals surface area (Å²) in [6.45, 7) is 2.76. The van der Waals surface area contributed by atoms with Gasteiger partial charge < -0.3 is 10.1 Å². The summed E-state index contributed by atoms with van der Waals surface area (Å²) in [5.41, 5.74) is 0. The van der Waals surface area contributed by atoms with Crippen molar-refractivity contribution in [1.29, 1.82) is 0 Å². The Bertz CT molecular complexity index is 596. The van der Waals surface area contributed by atoms with Gasteiger partial charge in [0.25, 0.3) is 5.91 Å². The third-order valence-corrected chi connectivity index (χ3v) is 5.86. The van der Waals surface area contributed by atoms with Crippen molar-refractivity contribution in [2.75, 3.05) is 25.4 Å². The molecule has 0 radical (unpaired) electrons. The molecule has 1 aromatic carbocycles. The number of carbonyl (C=O) groups is 1. The van der Waals surface area contributed by atoms with E-state index in [2.05, 4.69) is 5.32 Å². The molecule has 1 amide bonds. The van der Waals surface area contributed by atoms with Gasteiger partial charge in [0.1, 0.15) is 5.75 Å². The standard InChI is InChI=1S/C16H24N2O4S/c1-2-12-23(20,21)18-10-8-14(9-11-18)17-16(19)13-22-15-6-4-3-5-7-15/h3-7,14H,2,8-13H2,1H3,(H,17,19). The van der Waals surface area contributed by atoms with Crippen LogP contribution in [-0.2, 0) is 14.8 Å². The van der Waals surface area contributed by atoms with Gasteiger partial charge in [-0.2, -0.15) is 0 Å². The zero-order valence-electron chi connectivity index (χ0n) is 13.4. The van der Waals surface area contributed by atoms with Crippen LogP contribution in [-0.4, -0.2) is 50.1 Å². The quantitative estimate of drug-likeness (QED) is 0.814. The summed E-state index contributed by atoms with van der Waals surface area (Å²) in [6, 6.07) is 9.18. The second-order valence-electron chi connectivity index (χ2n) is 5.66. The largest absolute Gasteiger partial charge is 0.484 e. The van der Waals surface area contributed by atoms with E-state index < -0.39 is 10.0 Å². The minimum absolute atomic E-state index is 0.00921. The van der Waals surface area contributed by atoms with Crippen molar-refractivity contribution >= 4 is 15.9 Å². The van der Waals surface area contributed by atoms with E-state index in [1.807, 2.05) is 25.1 Å². The van der Waals surface area contributed by atoms with Gasteiger partial charge in [0.15, 0.2) is 6.61 Å². The minimum Gasteiger partial charge on any atom is -0.484 e. The van der Waals surface area contributed by atoms with Gasteiger partial charge in [-0.05, 0) is 31.4 Å².